The molecule has 0 saturated carbocycles. The Balaban J connectivity index is 2.73. The minimum atomic E-state index is 0.693. The van der Waals surface area contributed by atoms with E-state index in [-0.39, 0.29) is 0 Å². The zero-order valence-corrected chi connectivity index (χ0v) is 9.08. The van der Waals surface area contributed by atoms with Gasteiger partial charge >= 0.3 is 74.4 Å². The fraction of sp³-hybridized carbons (Fsp3) is 0.400. The first-order valence-corrected chi connectivity index (χ1v) is 6.71. The van der Waals surface area contributed by atoms with Gasteiger partial charge in [-0.2, -0.15) is 0 Å². The monoisotopic (exact) mass is 242 g/mol. The molecule has 0 saturated heterocycles. The molecule has 1 rings (SSSR count). The third-order valence-electron chi connectivity index (χ3n) is 0.722. The third-order valence-corrected chi connectivity index (χ3v) is 5.90. The van der Waals surface area contributed by atoms with Gasteiger partial charge in [0.15, 0.2) is 0 Å². The van der Waals surface area contributed by atoms with Crippen LogP contribution in [0.1, 0.15) is 6.92 Å². The predicted octanol–water partition coefficient (Wildman–Crippen LogP) is 2.31. The van der Waals surface area contributed by atoms with Crippen LogP contribution in [0.2, 0.25) is 5.32 Å². The number of hydrogen-bond donors (Lipinski definition) is 0. The van der Waals surface area contributed by atoms with Crippen LogP contribution in [-0.2, 0) is 0 Å². The molecule has 0 amide bonds. The molecule has 1 aromatic rings. The van der Waals surface area contributed by atoms with Crippen molar-refractivity contribution in [2.24, 2.45) is 0 Å². The summed E-state index contributed by atoms with van der Waals surface area (Å²) in [4.78, 5) is 0. The van der Waals surface area contributed by atoms with Crippen molar-refractivity contribution in [2.75, 3.05) is 0 Å². The summed E-state index contributed by atoms with van der Waals surface area (Å²) in [6.45, 7) is 2.22. The molecule has 0 fully saturated rings. The van der Waals surface area contributed by atoms with Crippen molar-refractivity contribution in [1.82, 2.24) is 0 Å². The first-order chi connectivity index (χ1) is 4.33. The van der Waals surface area contributed by atoms with Gasteiger partial charge in [0.25, 0.3) is 0 Å². The van der Waals surface area contributed by atoms with Gasteiger partial charge in [0.1, 0.15) is 0 Å². The topological polar surface area (TPSA) is 0 Å². The molecule has 0 aliphatic rings. The van der Waals surface area contributed by atoms with Gasteiger partial charge in [0.05, 0.1) is 0 Å². The Morgan fingerprint density at radius 3 is 3.00 bits per heavy atom. The Kier molecular flexibility index (Phi) is 3.36. The molecule has 0 radical (unpaired) electrons. The molecule has 1 aromatic heterocycles. The molecule has 1 heterocycles. The predicted molar refractivity (Wildman–Crippen MR) is 48.9 cm³/mol. The van der Waals surface area contributed by atoms with Gasteiger partial charge in [-0.05, 0) is 0 Å². The number of rotatable bonds is 2. The van der Waals surface area contributed by atoms with Crippen LogP contribution in [0.3, 0.4) is 0 Å². The summed E-state index contributed by atoms with van der Waals surface area (Å²) < 4.78 is 2.57. The molecule has 0 unspecified atom stereocenters. The van der Waals surface area contributed by atoms with E-state index in [1.165, 1.54) is 9.09 Å². The van der Waals surface area contributed by atoms with Crippen LogP contribution < -0.4 is 3.78 Å². The van der Waals surface area contributed by atoms with Crippen LogP contribution in [0.5, 0.6) is 0 Å². The van der Waals surface area contributed by atoms with E-state index in [1.807, 2.05) is 0 Å². The molecular formula is C5H6S3Se. The van der Waals surface area contributed by atoms with Crippen molar-refractivity contribution in [3.05, 3.63) is 8.52 Å². The van der Waals surface area contributed by atoms with Gasteiger partial charge in [-0.1, -0.05) is 0 Å². The zero-order chi connectivity index (χ0) is 6.69. The summed E-state index contributed by atoms with van der Waals surface area (Å²) in [6, 6.07) is 0. The maximum absolute atomic E-state index is 4.99. The fourth-order valence-electron chi connectivity index (χ4n) is 0.432. The van der Waals surface area contributed by atoms with Gasteiger partial charge in [0, 0.05) is 0 Å². The Hall–Kier alpha value is 0.789. The van der Waals surface area contributed by atoms with Crippen molar-refractivity contribution in [2.45, 2.75) is 12.2 Å². The van der Waals surface area contributed by atoms with Crippen molar-refractivity contribution in [1.29, 1.82) is 0 Å². The summed E-state index contributed by atoms with van der Waals surface area (Å²) in [5.74, 6) is 0. The Morgan fingerprint density at radius 2 is 2.56 bits per heavy atom. The quantitative estimate of drug-likeness (QED) is 0.565. The Labute approximate surface area is 74.1 Å². The molecule has 0 spiro atoms. The van der Waals surface area contributed by atoms with Crippen LogP contribution in [-0.4, -0.2) is 15.0 Å². The molecule has 0 nitrogen and oxygen atoms in total. The van der Waals surface area contributed by atoms with E-state index in [1.54, 1.807) is 22.7 Å². The fourth-order valence-corrected chi connectivity index (χ4v) is 5.82. The standard InChI is InChI=1S/C5H6S3Se/c1-2-9-4-3-7-5(6)8-4/h3H,2H2,1H3. The molecule has 4 heteroatoms. The van der Waals surface area contributed by atoms with Crippen molar-refractivity contribution in [3.63, 3.8) is 0 Å². The zero-order valence-electron chi connectivity index (χ0n) is 4.92. The van der Waals surface area contributed by atoms with Crippen LogP contribution in [0, 0.1) is 3.14 Å². The SMILES string of the molecule is CC[Se]c1csc(=S)s1. The van der Waals surface area contributed by atoms with Crippen LogP contribution >= 0.6 is 34.9 Å². The van der Waals surface area contributed by atoms with Crippen LogP contribution in [0.4, 0.5) is 0 Å². The first-order valence-electron chi connectivity index (χ1n) is 2.54. The van der Waals surface area contributed by atoms with E-state index in [0.717, 1.165) is 3.14 Å². The van der Waals surface area contributed by atoms with E-state index in [0.29, 0.717) is 15.0 Å². The summed E-state index contributed by atoms with van der Waals surface area (Å²) >= 11 is 9.15. The summed E-state index contributed by atoms with van der Waals surface area (Å²) in [5.41, 5.74) is 0. The summed E-state index contributed by atoms with van der Waals surface area (Å²) in [6.07, 6.45) is 0. The molecule has 0 aliphatic heterocycles. The Bertz CT molecular complexity index is 224. The van der Waals surface area contributed by atoms with Gasteiger partial charge in [-0.25, -0.2) is 0 Å². The molecule has 0 aromatic carbocycles. The molecule has 0 N–H and O–H groups in total. The second-order valence-corrected chi connectivity index (χ2v) is 7.78. The molecular weight excluding hydrogens is 235 g/mol. The van der Waals surface area contributed by atoms with Gasteiger partial charge in [-0.15, -0.1) is 0 Å². The van der Waals surface area contributed by atoms with Gasteiger partial charge in [-0.3, -0.25) is 0 Å². The van der Waals surface area contributed by atoms with E-state index >= 15 is 0 Å². The Morgan fingerprint density at radius 1 is 1.78 bits per heavy atom. The van der Waals surface area contributed by atoms with Crippen LogP contribution in [0.15, 0.2) is 5.38 Å². The number of hydrogen-bond acceptors (Lipinski definition) is 3. The van der Waals surface area contributed by atoms with Gasteiger partial charge in [0.2, 0.25) is 0 Å². The van der Waals surface area contributed by atoms with Crippen molar-refractivity contribution < 1.29 is 0 Å². The van der Waals surface area contributed by atoms with E-state index < -0.39 is 0 Å². The average Bonchev–Trinajstić information content (AvgIpc) is 2.17. The molecule has 9 heavy (non-hydrogen) atoms. The van der Waals surface area contributed by atoms with Crippen LogP contribution in [0.25, 0.3) is 0 Å². The van der Waals surface area contributed by atoms with E-state index in [9.17, 15) is 0 Å². The molecule has 50 valence electrons. The van der Waals surface area contributed by atoms with Gasteiger partial charge < -0.3 is 0 Å². The summed E-state index contributed by atoms with van der Waals surface area (Å²) in [7, 11) is 0. The van der Waals surface area contributed by atoms with Crippen molar-refractivity contribution >= 4 is 53.6 Å². The first kappa shape index (κ1) is 7.89. The van der Waals surface area contributed by atoms with Crippen molar-refractivity contribution in [3.8, 4) is 0 Å². The normalized spacial score (nSPS) is 9.89. The van der Waals surface area contributed by atoms with E-state index in [2.05, 4.69) is 12.3 Å². The molecule has 0 bridgehead atoms. The second-order valence-electron chi connectivity index (χ2n) is 1.34. The second kappa shape index (κ2) is 3.84. The molecule has 0 atom stereocenters. The molecule has 0 aliphatic carbocycles. The summed E-state index contributed by atoms with van der Waals surface area (Å²) in [5, 5.41) is 3.48. The minimum absolute atomic E-state index is 0.693. The average molecular weight is 241 g/mol. The maximum atomic E-state index is 4.99. The van der Waals surface area contributed by atoms with E-state index in [4.69, 9.17) is 12.2 Å². The third kappa shape index (κ3) is 2.48.